The minimum atomic E-state index is 0. The zero-order valence-corrected chi connectivity index (χ0v) is 12.2. The third-order valence-electron chi connectivity index (χ3n) is 0.730. The Bertz CT molecular complexity index is 143. The van der Waals surface area contributed by atoms with E-state index in [-0.39, 0.29) is 16.8 Å². The molecule has 0 spiro atoms. The molecule has 0 unspecified atom stereocenters. The Balaban J connectivity index is -0.000000143. The molecule has 0 heterocycles. The van der Waals surface area contributed by atoms with Crippen LogP contribution in [0.15, 0.2) is 0 Å². The maximum absolute atomic E-state index is 4.56. The van der Waals surface area contributed by atoms with Crippen molar-refractivity contribution in [2.45, 2.75) is 0 Å². The molecule has 0 aliphatic heterocycles. The van der Waals surface area contributed by atoms with Crippen LogP contribution in [0.1, 0.15) is 0 Å². The van der Waals surface area contributed by atoms with E-state index >= 15 is 0 Å². The fourth-order valence-corrected chi connectivity index (χ4v) is 0. The molecule has 0 amide bonds. The fourth-order valence-electron chi connectivity index (χ4n) is 0. The van der Waals surface area contributed by atoms with E-state index in [4.69, 9.17) is 0 Å². The average Bonchev–Trinajstić information content (AvgIpc) is 1.88. The summed E-state index contributed by atoms with van der Waals surface area (Å²) in [5.74, 6) is 0. The predicted octanol–water partition coefficient (Wildman–Crippen LogP) is 0.757. The molecule has 0 fully saturated rings. The van der Waals surface area contributed by atoms with E-state index in [1.54, 1.807) is 9.80 Å². The smallest absolute Gasteiger partial charge is 0.411 e. The van der Waals surface area contributed by atoms with Crippen molar-refractivity contribution in [3.05, 3.63) is 0 Å². The van der Waals surface area contributed by atoms with Crippen LogP contribution in [0.3, 0.4) is 0 Å². The van der Waals surface area contributed by atoms with Gasteiger partial charge in [0.05, 0.1) is 0 Å². The topological polar surface area (TPSA) is 6.48 Å². The molecule has 0 atom stereocenters. The van der Waals surface area contributed by atoms with E-state index in [1.807, 2.05) is 28.2 Å². The third-order valence-corrected chi connectivity index (χ3v) is 2.19. The van der Waals surface area contributed by atoms with Crippen LogP contribution in [0.4, 0.5) is 0 Å². The third kappa shape index (κ3) is 19.2. The minimum absolute atomic E-state index is 0. The largest absolute Gasteiger partial charge is 2.00 e. The van der Waals surface area contributed by atoms with Gasteiger partial charge < -0.3 is 59.5 Å². The van der Waals surface area contributed by atoms with Gasteiger partial charge in [0.25, 0.3) is 0 Å². The number of hydrogen-bond acceptors (Lipinski definition) is 4. The van der Waals surface area contributed by atoms with Crippen LogP contribution in [-0.2, 0) is 42.0 Å². The summed E-state index contributed by atoms with van der Waals surface area (Å²) in [5, 5.41) is 0. The minimum Gasteiger partial charge on any atom is -0.411 e. The maximum atomic E-state index is 4.56. The quantitative estimate of drug-likeness (QED) is 0.478. The van der Waals surface area contributed by atoms with Gasteiger partial charge in [0.2, 0.25) is 0 Å². The van der Waals surface area contributed by atoms with E-state index < -0.39 is 0 Å². The van der Waals surface area contributed by atoms with Crippen molar-refractivity contribution in [1.29, 1.82) is 0 Å². The molecule has 0 aromatic rings. The zero-order valence-electron chi connectivity index (χ0n) is 7.86. The van der Waals surface area contributed by atoms with Crippen molar-refractivity contribution < 1.29 is 16.8 Å². The molecule has 7 heteroatoms. The molecular formula is C6H12CoN2S4. The van der Waals surface area contributed by atoms with Crippen LogP contribution in [0.2, 0.25) is 0 Å². The fraction of sp³-hybridized carbons (Fsp3) is 0.667. The van der Waals surface area contributed by atoms with Crippen LogP contribution in [0, 0.1) is 0 Å². The van der Waals surface area contributed by atoms with Crippen LogP contribution < -0.4 is 0 Å². The monoisotopic (exact) mass is 299 g/mol. The van der Waals surface area contributed by atoms with E-state index in [0.717, 1.165) is 0 Å². The van der Waals surface area contributed by atoms with Crippen molar-refractivity contribution in [2.24, 2.45) is 0 Å². The van der Waals surface area contributed by atoms with Gasteiger partial charge in [-0.05, 0) is 0 Å². The normalized spacial score (nSPS) is 7.08. The van der Waals surface area contributed by atoms with Crippen LogP contribution >= 0.6 is 24.4 Å². The Morgan fingerprint density at radius 1 is 0.846 bits per heavy atom. The second-order valence-electron chi connectivity index (χ2n) is 2.32. The molecule has 79 valence electrons. The molecule has 2 nitrogen and oxygen atoms in total. The van der Waals surface area contributed by atoms with Crippen LogP contribution in [-0.4, -0.2) is 46.6 Å². The molecule has 1 radical (unpaired) electrons. The Kier molecular flexibility index (Phi) is 16.1. The second-order valence-corrected chi connectivity index (χ2v) is 4.38. The summed E-state index contributed by atoms with van der Waals surface area (Å²) in [5.41, 5.74) is 0. The van der Waals surface area contributed by atoms with Crippen molar-refractivity contribution in [2.75, 3.05) is 28.2 Å². The van der Waals surface area contributed by atoms with Gasteiger partial charge in [-0.15, -0.1) is 0 Å². The van der Waals surface area contributed by atoms with Crippen molar-refractivity contribution in [3.8, 4) is 0 Å². The van der Waals surface area contributed by atoms with Gasteiger partial charge >= 0.3 is 16.8 Å². The Morgan fingerprint density at radius 2 is 0.923 bits per heavy atom. The molecule has 0 saturated heterocycles. The van der Waals surface area contributed by atoms with Crippen LogP contribution in [0.25, 0.3) is 0 Å². The summed E-state index contributed by atoms with van der Waals surface area (Å²) in [6.45, 7) is 0. The zero-order chi connectivity index (χ0) is 10.3. The molecular weight excluding hydrogens is 287 g/mol. The maximum Gasteiger partial charge on any atom is 2.00 e. The SMILES string of the molecule is CN(C)C(=S)[S-].CN(C)C(=S)[S-].[Co+2]. The Labute approximate surface area is 112 Å². The van der Waals surface area contributed by atoms with E-state index in [9.17, 15) is 0 Å². The summed E-state index contributed by atoms with van der Waals surface area (Å²) in [4.78, 5) is 3.43. The molecule has 0 aromatic carbocycles. The summed E-state index contributed by atoms with van der Waals surface area (Å²) in [7, 11) is 7.31. The summed E-state index contributed by atoms with van der Waals surface area (Å²) < 4.78 is 1.02. The standard InChI is InChI=1S/2C3H7NS2.Co/c2*1-4(2)3(5)6;/h2*1-2H3,(H,5,6);/q;;+2/p-2. The van der Waals surface area contributed by atoms with E-state index in [0.29, 0.717) is 8.64 Å². The summed E-state index contributed by atoms with van der Waals surface area (Å²) in [6.07, 6.45) is 0. The summed E-state index contributed by atoms with van der Waals surface area (Å²) in [6, 6.07) is 0. The Morgan fingerprint density at radius 3 is 0.923 bits per heavy atom. The van der Waals surface area contributed by atoms with Gasteiger partial charge in [-0.3, -0.25) is 0 Å². The van der Waals surface area contributed by atoms with Gasteiger partial charge in [-0.25, -0.2) is 0 Å². The number of rotatable bonds is 0. The molecule has 0 N–H and O–H groups in total. The van der Waals surface area contributed by atoms with Crippen LogP contribution in [0.5, 0.6) is 0 Å². The molecule has 13 heavy (non-hydrogen) atoms. The van der Waals surface area contributed by atoms with Gasteiger partial charge in [0.1, 0.15) is 0 Å². The first-order chi connectivity index (χ1) is 5.29. The van der Waals surface area contributed by atoms with Crippen molar-refractivity contribution in [1.82, 2.24) is 9.80 Å². The molecule has 0 rings (SSSR count). The van der Waals surface area contributed by atoms with E-state index in [2.05, 4.69) is 49.7 Å². The van der Waals surface area contributed by atoms with Gasteiger partial charge in [-0.2, -0.15) is 0 Å². The first kappa shape index (κ1) is 19.3. The van der Waals surface area contributed by atoms with Gasteiger partial charge in [0, 0.05) is 28.2 Å². The summed E-state index contributed by atoms with van der Waals surface area (Å²) >= 11 is 18.2. The van der Waals surface area contributed by atoms with Gasteiger partial charge in [0.15, 0.2) is 0 Å². The molecule has 0 saturated carbocycles. The number of hydrogen-bond donors (Lipinski definition) is 0. The second kappa shape index (κ2) is 10.8. The molecule has 0 bridgehead atoms. The van der Waals surface area contributed by atoms with E-state index in [1.165, 1.54) is 0 Å². The molecule has 0 aromatic heterocycles. The average molecular weight is 299 g/mol. The first-order valence-corrected chi connectivity index (χ1v) is 4.69. The number of nitrogens with zero attached hydrogens (tertiary/aromatic N) is 2. The predicted molar refractivity (Wildman–Crippen MR) is 67.3 cm³/mol. The Hall–Kier alpha value is 0.726. The molecule has 0 aliphatic carbocycles. The molecule has 0 aliphatic rings. The van der Waals surface area contributed by atoms with Crippen molar-refractivity contribution >= 4 is 58.3 Å². The van der Waals surface area contributed by atoms with Crippen molar-refractivity contribution in [3.63, 3.8) is 0 Å². The first-order valence-electron chi connectivity index (χ1n) is 3.05. The number of thiocarbonyl (C=S) groups is 2. The van der Waals surface area contributed by atoms with Gasteiger partial charge in [-0.1, -0.05) is 8.64 Å².